The molecule has 0 aliphatic carbocycles. The Kier molecular flexibility index (Phi) is 8.90. The van der Waals surface area contributed by atoms with Crippen LogP contribution in [0.4, 0.5) is 5.69 Å². The van der Waals surface area contributed by atoms with Gasteiger partial charge in [0, 0.05) is 63.4 Å². The van der Waals surface area contributed by atoms with Crippen LogP contribution in [-0.2, 0) is 0 Å². The Morgan fingerprint density at radius 1 is 1.17 bits per heavy atom. The number of nitrogens with zero attached hydrogens (tertiary/aromatic N) is 4. The third-order valence-electron chi connectivity index (χ3n) is 5.95. The zero-order chi connectivity index (χ0) is 21.3. The SMILES string of the molecule is CCNC(=NCCN1CCN(CC)CC1)NC1CCN(c2cc(Cl)ccc2OC)C1. The molecule has 0 saturated carbocycles. The van der Waals surface area contributed by atoms with Gasteiger partial charge in [0.15, 0.2) is 5.96 Å². The van der Waals surface area contributed by atoms with Crippen molar-refractivity contribution in [2.75, 3.05) is 77.5 Å². The highest BCUT2D eigenvalue weighted by Crippen LogP contribution is 2.33. The first-order valence-corrected chi connectivity index (χ1v) is 11.6. The van der Waals surface area contributed by atoms with E-state index in [1.807, 2.05) is 18.2 Å². The van der Waals surface area contributed by atoms with Crippen LogP contribution in [0.1, 0.15) is 20.3 Å². The van der Waals surface area contributed by atoms with Gasteiger partial charge in [0.25, 0.3) is 0 Å². The van der Waals surface area contributed by atoms with Gasteiger partial charge >= 0.3 is 0 Å². The zero-order valence-electron chi connectivity index (χ0n) is 18.7. The molecule has 2 N–H and O–H groups in total. The molecule has 30 heavy (non-hydrogen) atoms. The lowest BCUT2D eigenvalue weighted by atomic mass is 10.2. The molecule has 1 unspecified atom stereocenters. The van der Waals surface area contributed by atoms with Gasteiger partial charge in [-0.05, 0) is 38.1 Å². The van der Waals surface area contributed by atoms with Crippen molar-refractivity contribution >= 4 is 23.2 Å². The maximum absolute atomic E-state index is 6.22. The molecule has 0 spiro atoms. The van der Waals surface area contributed by atoms with Crippen LogP contribution in [0.5, 0.6) is 5.75 Å². The minimum absolute atomic E-state index is 0.347. The van der Waals surface area contributed by atoms with Gasteiger partial charge in [-0.1, -0.05) is 18.5 Å². The molecule has 0 aromatic heterocycles. The summed E-state index contributed by atoms with van der Waals surface area (Å²) >= 11 is 6.22. The van der Waals surface area contributed by atoms with E-state index in [0.29, 0.717) is 6.04 Å². The summed E-state index contributed by atoms with van der Waals surface area (Å²) in [7, 11) is 1.70. The van der Waals surface area contributed by atoms with Crippen LogP contribution in [0.2, 0.25) is 5.02 Å². The highest BCUT2D eigenvalue weighted by Gasteiger charge is 2.25. The largest absolute Gasteiger partial charge is 0.495 e. The second-order valence-corrected chi connectivity index (χ2v) is 8.37. The van der Waals surface area contributed by atoms with Crippen LogP contribution in [0.15, 0.2) is 23.2 Å². The summed E-state index contributed by atoms with van der Waals surface area (Å²) in [6.07, 6.45) is 1.05. The molecule has 2 aliphatic heterocycles. The summed E-state index contributed by atoms with van der Waals surface area (Å²) in [5.74, 6) is 1.78. The first-order valence-electron chi connectivity index (χ1n) is 11.2. The van der Waals surface area contributed by atoms with Gasteiger partial charge in [0.2, 0.25) is 0 Å². The van der Waals surface area contributed by atoms with Gasteiger partial charge in [0.1, 0.15) is 5.75 Å². The van der Waals surface area contributed by atoms with Crippen molar-refractivity contribution in [2.24, 2.45) is 4.99 Å². The number of methoxy groups -OCH3 is 1. The summed E-state index contributed by atoms with van der Waals surface area (Å²) < 4.78 is 5.53. The van der Waals surface area contributed by atoms with Gasteiger partial charge in [-0.2, -0.15) is 0 Å². The molecule has 1 aromatic rings. The predicted octanol–water partition coefficient (Wildman–Crippen LogP) is 2.12. The molecular weight excluding hydrogens is 400 g/mol. The van der Waals surface area contributed by atoms with E-state index in [1.165, 1.54) is 13.1 Å². The van der Waals surface area contributed by atoms with E-state index >= 15 is 0 Å². The Labute approximate surface area is 186 Å². The monoisotopic (exact) mass is 436 g/mol. The fraction of sp³-hybridized carbons (Fsp3) is 0.682. The van der Waals surface area contributed by atoms with E-state index in [1.54, 1.807) is 7.11 Å². The summed E-state index contributed by atoms with van der Waals surface area (Å²) in [6.45, 7) is 14.7. The summed E-state index contributed by atoms with van der Waals surface area (Å²) in [5.41, 5.74) is 1.06. The molecule has 3 rings (SSSR count). The molecule has 0 bridgehead atoms. The minimum Gasteiger partial charge on any atom is -0.495 e. The lowest BCUT2D eigenvalue weighted by molar-refractivity contribution is 0.140. The molecule has 168 valence electrons. The predicted molar refractivity (Wildman–Crippen MR) is 126 cm³/mol. The summed E-state index contributed by atoms with van der Waals surface area (Å²) in [4.78, 5) is 12.2. The number of hydrogen-bond donors (Lipinski definition) is 2. The van der Waals surface area contributed by atoms with E-state index in [4.69, 9.17) is 21.3 Å². The molecule has 0 amide bonds. The Balaban J connectivity index is 1.50. The zero-order valence-corrected chi connectivity index (χ0v) is 19.4. The number of halogens is 1. The first-order chi connectivity index (χ1) is 14.6. The van der Waals surface area contributed by atoms with Crippen LogP contribution in [0, 0.1) is 0 Å². The molecule has 2 saturated heterocycles. The van der Waals surface area contributed by atoms with Crippen molar-refractivity contribution in [2.45, 2.75) is 26.3 Å². The molecule has 0 radical (unpaired) electrons. The number of aliphatic imine (C=N–C) groups is 1. The number of piperazine rings is 1. The number of nitrogens with one attached hydrogen (secondary N) is 2. The number of rotatable bonds is 8. The molecule has 2 aliphatic rings. The lowest BCUT2D eigenvalue weighted by Crippen LogP contribution is -2.47. The number of ether oxygens (including phenoxy) is 1. The van der Waals surface area contributed by atoms with Crippen molar-refractivity contribution in [3.63, 3.8) is 0 Å². The average Bonchev–Trinajstić information content (AvgIpc) is 3.22. The highest BCUT2D eigenvalue weighted by atomic mass is 35.5. The summed E-state index contributed by atoms with van der Waals surface area (Å²) in [5, 5.41) is 7.75. The van der Waals surface area contributed by atoms with Gasteiger partial charge in [-0.25, -0.2) is 0 Å². The first kappa shape index (κ1) is 23.0. The molecule has 7 nitrogen and oxygen atoms in total. The molecule has 1 aromatic carbocycles. The van der Waals surface area contributed by atoms with E-state index in [0.717, 1.165) is 81.2 Å². The van der Waals surface area contributed by atoms with Crippen molar-refractivity contribution < 1.29 is 4.74 Å². The number of hydrogen-bond acceptors (Lipinski definition) is 5. The Hall–Kier alpha value is -1.70. The number of anilines is 1. The lowest BCUT2D eigenvalue weighted by Gasteiger charge is -2.33. The summed E-state index contributed by atoms with van der Waals surface area (Å²) in [6, 6.07) is 6.14. The molecule has 2 heterocycles. The minimum atomic E-state index is 0.347. The quantitative estimate of drug-likeness (QED) is 0.481. The van der Waals surface area contributed by atoms with Gasteiger partial charge < -0.3 is 25.2 Å². The smallest absolute Gasteiger partial charge is 0.191 e. The van der Waals surface area contributed by atoms with E-state index in [2.05, 4.69) is 39.2 Å². The number of likely N-dealkylation sites (N-methyl/N-ethyl adjacent to an activating group) is 1. The van der Waals surface area contributed by atoms with Crippen LogP contribution in [0.25, 0.3) is 0 Å². The van der Waals surface area contributed by atoms with Crippen molar-refractivity contribution in [3.8, 4) is 5.75 Å². The van der Waals surface area contributed by atoms with Crippen LogP contribution in [-0.4, -0.2) is 94.4 Å². The van der Waals surface area contributed by atoms with Crippen LogP contribution in [0.3, 0.4) is 0 Å². The third-order valence-corrected chi connectivity index (χ3v) is 6.19. The highest BCUT2D eigenvalue weighted by molar-refractivity contribution is 6.30. The molecule has 2 fully saturated rings. The third kappa shape index (κ3) is 6.40. The Morgan fingerprint density at radius 3 is 2.63 bits per heavy atom. The van der Waals surface area contributed by atoms with Crippen LogP contribution < -0.4 is 20.3 Å². The topological polar surface area (TPSA) is 55.4 Å². The Bertz CT molecular complexity index is 692. The van der Waals surface area contributed by atoms with Gasteiger partial charge in [-0.3, -0.25) is 9.89 Å². The molecular formula is C22H37ClN6O. The van der Waals surface area contributed by atoms with E-state index in [-0.39, 0.29) is 0 Å². The maximum Gasteiger partial charge on any atom is 0.191 e. The second-order valence-electron chi connectivity index (χ2n) is 7.93. The molecule has 8 heteroatoms. The Morgan fingerprint density at radius 2 is 1.93 bits per heavy atom. The normalized spacial score (nSPS) is 21.1. The standard InChI is InChI=1S/C22H37ClN6O/c1-4-24-22(25-9-11-28-14-12-27(5-2)13-15-28)26-19-8-10-29(17-19)20-16-18(23)6-7-21(20)30-3/h6-7,16,19H,4-5,8-15,17H2,1-3H3,(H2,24,25,26). The van der Waals surface area contributed by atoms with Crippen molar-refractivity contribution in [1.82, 2.24) is 20.4 Å². The number of guanidine groups is 1. The van der Waals surface area contributed by atoms with E-state index < -0.39 is 0 Å². The fourth-order valence-corrected chi connectivity index (χ4v) is 4.32. The molecule has 1 atom stereocenters. The maximum atomic E-state index is 6.22. The fourth-order valence-electron chi connectivity index (χ4n) is 4.15. The number of benzene rings is 1. The van der Waals surface area contributed by atoms with Crippen molar-refractivity contribution in [3.05, 3.63) is 23.2 Å². The van der Waals surface area contributed by atoms with Gasteiger partial charge in [-0.15, -0.1) is 0 Å². The van der Waals surface area contributed by atoms with Gasteiger partial charge in [0.05, 0.1) is 19.3 Å². The van der Waals surface area contributed by atoms with Crippen molar-refractivity contribution in [1.29, 1.82) is 0 Å². The van der Waals surface area contributed by atoms with Crippen LogP contribution >= 0.6 is 11.6 Å². The average molecular weight is 437 g/mol. The second kappa shape index (κ2) is 11.6. The van der Waals surface area contributed by atoms with E-state index in [9.17, 15) is 0 Å².